The minimum absolute atomic E-state index is 0.180. The number of likely N-dealkylation sites (tertiary alicyclic amines) is 1. The van der Waals surface area contributed by atoms with Gasteiger partial charge >= 0.3 is 0 Å². The van der Waals surface area contributed by atoms with Gasteiger partial charge in [-0.25, -0.2) is 9.97 Å². The Balaban J connectivity index is 0.905. The maximum atomic E-state index is 14.1. The molecule has 4 atom stereocenters. The number of benzene rings is 2. The molecule has 7 rings (SSSR count). The second-order valence-electron chi connectivity index (χ2n) is 16.9. The molecule has 324 valence electrons. The third-order valence-electron chi connectivity index (χ3n) is 11.4. The zero-order chi connectivity index (χ0) is 44.0. The Bertz CT molecular complexity index is 2420. The van der Waals surface area contributed by atoms with Gasteiger partial charge in [-0.1, -0.05) is 63.2 Å². The Kier molecular flexibility index (Phi) is 13.6. The third kappa shape index (κ3) is 10.3. The molecule has 14 nitrogen and oxygen atoms in total. The lowest BCUT2D eigenvalue weighted by atomic mass is 9.85. The first-order valence-corrected chi connectivity index (χ1v) is 21.8. The number of nitrogens with one attached hydrogen (secondary N) is 4. The number of rotatable bonds is 14. The van der Waals surface area contributed by atoms with Gasteiger partial charge in [0.15, 0.2) is 0 Å². The molecule has 1 saturated heterocycles. The van der Waals surface area contributed by atoms with Gasteiger partial charge in [0.1, 0.15) is 30.1 Å². The standard InChI is InChI=1S/C47H54N8O6S/c1-28(30-12-14-32(15-13-30)42-29(2)48-27-62-42)50-45(58)39-11-8-24-55(39)46(59)43(47(3,4)5)53-41(56)26-61-34-19-16-31(17-20-34)33-18-21-37(40(25-33)60-6)52-44(57)38-10-7-9-35(51-38)36-22-23-49-54-36/h7,9-10,12-16,18,21-23,25,27-28,34,39,43H,8,11,17,19-20,24,26H2,1-6H3,(H,49,54)(H,50,58)(H,52,57)(H,53,56)/t28-,34?,39-,43+/m0/s1. The summed E-state index contributed by atoms with van der Waals surface area (Å²) in [5, 5.41) is 15.8. The molecule has 0 radical (unpaired) electrons. The monoisotopic (exact) mass is 858 g/mol. The van der Waals surface area contributed by atoms with Crippen molar-refractivity contribution in [2.75, 3.05) is 25.6 Å². The summed E-state index contributed by atoms with van der Waals surface area (Å²) in [6.07, 6.45) is 6.80. The summed E-state index contributed by atoms with van der Waals surface area (Å²) in [5.41, 5.74) is 8.40. The summed E-state index contributed by atoms with van der Waals surface area (Å²) >= 11 is 1.60. The zero-order valence-corrected chi connectivity index (χ0v) is 36.8. The van der Waals surface area contributed by atoms with E-state index in [2.05, 4.69) is 42.2 Å². The topological polar surface area (TPSA) is 181 Å². The van der Waals surface area contributed by atoms with Crippen LogP contribution < -0.4 is 20.7 Å². The maximum absolute atomic E-state index is 14.1. The second kappa shape index (κ2) is 19.2. The number of hydrogen-bond acceptors (Lipinski definition) is 10. The summed E-state index contributed by atoms with van der Waals surface area (Å²) in [6, 6.07) is 19.0. The molecule has 4 N–H and O–H groups in total. The van der Waals surface area contributed by atoms with Crippen LogP contribution in [0.2, 0.25) is 0 Å². The van der Waals surface area contributed by atoms with Crippen LogP contribution in [0.1, 0.15) is 93.2 Å². The van der Waals surface area contributed by atoms with E-state index in [1.165, 1.54) is 0 Å². The number of pyridine rings is 1. The zero-order valence-electron chi connectivity index (χ0n) is 36.0. The van der Waals surface area contributed by atoms with Gasteiger partial charge in [-0.3, -0.25) is 24.3 Å². The van der Waals surface area contributed by atoms with Gasteiger partial charge in [0.05, 0.1) is 52.4 Å². The van der Waals surface area contributed by atoms with Crippen molar-refractivity contribution in [1.82, 2.24) is 35.7 Å². The van der Waals surface area contributed by atoms with Crippen LogP contribution in [0, 0.1) is 12.3 Å². The Labute approximate surface area is 365 Å². The van der Waals surface area contributed by atoms with E-state index in [4.69, 9.17) is 9.47 Å². The molecular weight excluding hydrogens is 805 g/mol. The average Bonchev–Trinajstić information content (AvgIpc) is 4.08. The first kappa shape index (κ1) is 43.9. The predicted molar refractivity (Wildman–Crippen MR) is 239 cm³/mol. The van der Waals surface area contributed by atoms with Gasteiger partial charge in [0.2, 0.25) is 17.7 Å². The molecule has 62 heavy (non-hydrogen) atoms. The number of anilines is 1. The van der Waals surface area contributed by atoms with Gasteiger partial charge in [-0.2, -0.15) is 5.10 Å². The largest absolute Gasteiger partial charge is 0.495 e. The van der Waals surface area contributed by atoms with Crippen LogP contribution in [0.15, 0.2) is 84.5 Å². The summed E-state index contributed by atoms with van der Waals surface area (Å²) in [7, 11) is 1.56. The van der Waals surface area contributed by atoms with E-state index in [0.29, 0.717) is 61.5 Å². The molecule has 2 aromatic carbocycles. The lowest BCUT2D eigenvalue weighted by Crippen LogP contribution is -2.58. The lowest BCUT2D eigenvalue weighted by Gasteiger charge is -2.35. The summed E-state index contributed by atoms with van der Waals surface area (Å²) < 4.78 is 11.7. The number of carbonyl (C=O) groups is 4. The lowest BCUT2D eigenvalue weighted by molar-refractivity contribution is -0.145. The van der Waals surface area contributed by atoms with E-state index >= 15 is 0 Å². The number of aromatic amines is 1. The molecule has 1 fully saturated rings. The summed E-state index contributed by atoms with van der Waals surface area (Å²) in [6.45, 7) is 9.89. The van der Waals surface area contributed by atoms with Crippen molar-refractivity contribution in [1.29, 1.82) is 0 Å². The number of aromatic nitrogens is 4. The number of aryl methyl sites for hydroxylation is 1. The van der Waals surface area contributed by atoms with Gasteiger partial charge in [-0.05, 0) is 104 Å². The van der Waals surface area contributed by atoms with Crippen molar-refractivity contribution in [3.63, 3.8) is 0 Å². The predicted octanol–water partition coefficient (Wildman–Crippen LogP) is 7.52. The number of carbonyl (C=O) groups excluding carboxylic acids is 4. The third-order valence-corrected chi connectivity index (χ3v) is 12.4. The summed E-state index contributed by atoms with van der Waals surface area (Å²) in [5.74, 6) is -0.725. The Morgan fingerprint density at radius 1 is 1.00 bits per heavy atom. The van der Waals surface area contributed by atoms with E-state index in [1.54, 1.807) is 53.8 Å². The minimum Gasteiger partial charge on any atom is -0.495 e. The fraction of sp³-hybridized carbons (Fsp3) is 0.383. The Hall–Kier alpha value is -6.19. The number of allylic oxidation sites excluding steroid dienone is 1. The molecule has 1 aliphatic carbocycles. The number of nitrogens with zero attached hydrogens (tertiary/aromatic N) is 4. The molecule has 0 bridgehead atoms. The van der Waals surface area contributed by atoms with Crippen LogP contribution in [-0.4, -0.2) is 87.1 Å². The summed E-state index contributed by atoms with van der Waals surface area (Å²) in [4.78, 5) is 65.9. The smallest absolute Gasteiger partial charge is 0.274 e. The van der Waals surface area contributed by atoms with Gasteiger partial charge in [0, 0.05) is 12.7 Å². The molecule has 3 aromatic heterocycles. The number of hydrogen-bond donors (Lipinski definition) is 4. The first-order valence-electron chi connectivity index (χ1n) is 21.0. The average molecular weight is 859 g/mol. The maximum Gasteiger partial charge on any atom is 0.274 e. The molecular formula is C47H54N8O6S. The quantitative estimate of drug-likeness (QED) is 0.0879. The number of methoxy groups -OCH3 is 1. The van der Waals surface area contributed by atoms with Crippen molar-refractivity contribution >= 4 is 46.2 Å². The van der Waals surface area contributed by atoms with E-state index in [1.807, 2.05) is 82.6 Å². The molecule has 4 heterocycles. The van der Waals surface area contributed by atoms with Crippen LogP contribution in [0.25, 0.3) is 27.4 Å². The molecule has 1 aliphatic heterocycles. The van der Waals surface area contributed by atoms with Crippen molar-refractivity contribution in [3.8, 4) is 27.6 Å². The highest BCUT2D eigenvalue weighted by Crippen LogP contribution is 2.35. The highest BCUT2D eigenvalue weighted by atomic mass is 32.1. The molecule has 4 amide bonds. The van der Waals surface area contributed by atoms with E-state index in [0.717, 1.165) is 32.8 Å². The highest BCUT2D eigenvalue weighted by Gasteiger charge is 2.42. The number of ether oxygens (including phenoxy) is 2. The van der Waals surface area contributed by atoms with Crippen LogP contribution in [-0.2, 0) is 19.1 Å². The van der Waals surface area contributed by atoms with Crippen molar-refractivity contribution in [3.05, 3.63) is 107 Å². The van der Waals surface area contributed by atoms with Crippen LogP contribution in [0.5, 0.6) is 5.75 Å². The van der Waals surface area contributed by atoms with E-state index in [-0.39, 0.29) is 48.1 Å². The second-order valence-corrected chi connectivity index (χ2v) is 17.7. The fourth-order valence-corrected chi connectivity index (χ4v) is 8.73. The van der Waals surface area contributed by atoms with E-state index in [9.17, 15) is 19.2 Å². The number of thiazole rings is 1. The SMILES string of the molecule is COc1cc(C2=CCC(OCC(=O)N[C@H](C(=O)N3CCC[C@H]3C(=O)N[C@@H](C)c3ccc(-c4scnc4C)cc3)C(C)(C)C)CC2)ccc1NC(=O)c1cccc(-c2ccn[nH]2)n1. The molecule has 0 spiro atoms. The molecule has 2 aliphatic rings. The van der Waals surface area contributed by atoms with Crippen molar-refractivity contribution in [2.45, 2.75) is 91.0 Å². The Morgan fingerprint density at radius 2 is 1.79 bits per heavy atom. The normalized spacial score (nSPS) is 17.5. The van der Waals surface area contributed by atoms with Gasteiger partial charge < -0.3 is 30.3 Å². The minimum atomic E-state index is -0.851. The number of amides is 4. The van der Waals surface area contributed by atoms with Crippen LogP contribution >= 0.6 is 11.3 Å². The van der Waals surface area contributed by atoms with Gasteiger partial charge in [-0.15, -0.1) is 11.3 Å². The van der Waals surface area contributed by atoms with Crippen LogP contribution in [0.3, 0.4) is 0 Å². The van der Waals surface area contributed by atoms with Crippen LogP contribution in [0.4, 0.5) is 5.69 Å². The molecule has 5 aromatic rings. The van der Waals surface area contributed by atoms with Gasteiger partial charge in [0.25, 0.3) is 5.91 Å². The van der Waals surface area contributed by atoms with Crippen molar-refractivity contribution in [2.24, 2.45) is 5.41 Å². The number of H-pyrrole nitrogens is 1. The Morgan fingerprint density at radius 3 is 2.47 bits per heavy atom. The molecule has 15 heteroatoms. The first-order chi connectivity index (χ1) is 29.8. The van der Waals surface area contributed by atoms with Crippen molar-refractivity contribution < 1.29 is 28.7 Å². The highest BCUT2D eigenvalue weighted by molar-refractivity contribution is 7.13. The molecule has 0 saturated carbocycles. The molecule has 1 unspecified atom stereocenters. The fourth-order valence-electron chi connectivity index (χ4n) is 7.92. The van der Waals surface area contributed by atoms with E-state index < -0.39 is 17.5 Å².